The molecule has 0 aromatic carbocycles. The van der Waals surface area contributed by atoms with E-state index < -0.39 is 0 Å². The lowest BCUT2D eigenvalue weighted by Gasteiger charge is -2.10. The first kappa shape index (κ1) is 15.2. The maximum absolute atomic E-state index is 12.0. The molecule has 7 heteroatoms. The van der Waals surface area contributed by atoms with Crippen LogP contribution < -0.4 is 15.5 Å². The second kappa shape index (κ2) is 6.53. The number of H-pyrrole nitrogens is 1. The summed E-state index contributed by atoms with van der Waals surface area (Å²) in [6, 6.07) is 1.23. The van der Waals surface area contributed by atoms with Gasteiger partial charge in [0.25, 0.3) is 5.91 Å². The second-order valence-corrected chi connectivity index (χ2v) is 5.61. The monoisotopic (exact) mass is 307 g/mol. The van der Waals surface area contributed by atoms with Crippen LogP contribution in [0.4, 0.5) is 0 Å². The molecule has 0 saturated heterocycles. The largest absolute Gasteiger partial charge is 0.491 e. The molecule has 2 N–H and O–H groups in total. The average Bonchev–Trinajstić information content (AvgIpc) is 2.91. The van der Waals surface area contributed by atoms with Gasteiger partial charge in [-0.1, -0.05) is 6.92 Å². The molecule has 0 aliphatic carbocycles. The molecule has 0 aliphatic heterocycles. The highest BCUT2D eigenvalue weighted by Crippen LogP contribution is 2.18. The van der Waals surface area contributed by atoms with Crippen molar-refractivity contribution in [2.75, 3.05) is 13.7 Å². The molecule has 21 heavy (non-hydrogen) atoms. The van der Waals surface area contributed by atoms with Crippen LogP contribution in [0.1, 0.15) is 34.0 Å². The molecule has 0 fully saturated rings. The minimum absolute atomic E-state index is 0.123. The summed E-state index contributed by atoms with van der Waals surface area (Å²) in [6.07, 6.45) is 1.38. The number of carbonyl (C=O) groups is 1. The number of nitrogens with zero attached hydrogens (tertiary/aromatic N) is 1. The van der Waals surface area contributed by atoms with Gasteiger partial charge in [-0.05, 0) is 6.92 Å². The summed E-state index contributed by atoms with van der Waals surface area (Å²) in [4.78, 5) is 30.7. The van der Waals surface area contributed by atoms with Gasteiger partial charge in [-0.2, -0.15) is 0 Å². The fourth-order valence-electron chi connectivity index (χ4n) is 1.78. The summed E-state index contributed by atoms with van der Waals surface area (Å²) < 4.78 is 4.86. The lowest BCUT2D eigenvalue weighted by Crippen LogP contribution is -2.29. The Labute approximate surface area is 126 Å². The Morgan fingerprint density at radius 1 is 1.57 bits per heavy atom. The number of hydrogen-bond donors (Lipinski definition) is 2. The molecule has 0 spiro atoms. The summed E-state index contributed by atoms with van der Waals surface area (Å²) in [5.74, 6) is -0.0225. The minimum Gasteiger partial charge on any atom is -0.491 e. The summed E-state index contributed by atoms with van der Waals surface area (Å²) >= 11 is 1.58. The SMILES string of the molecule is COc1c[nH]c(C(=O)NCC(C)c2nc(C)cs2)cc1=O. The highest BCUT2D eigenvalue weighted by Gasteiger charge is 2.13. The van der Waals surface area contributed by atoms with E-state index in [4.69, 9.17) is 4.74 Å². The zero-order valence-corrected chi connectivity index (χ0v) is 12.9. The fourth-order valence-corrected chi connectivity index (χ4v) is 2.63. The van der Waals surface area contributed by atoms with Gasteiger partial charge >= 0.3 is 0 Å². The zero-order valence-electron chi connectivity index (χ0n) is 12.1. The second-order valence-electron chi connectivity index (χ2n) is 4.72. The molecule has 1 amide bonds. The number of amides is 1. The summed E-state index contributed by atoms with van der Waals surface area (Å²) in [5, 5.41) is 5.75. The van der Waals surface area contributed by atoms with E-state index in [1.54, 1.807) is 11.3 Å². The molecular formula is C14H17N3O3S. The van der Waals surface area contributed by atoms with Gasteiger partial charge in [0.1, 0.15) is 5.69 Å². The normalized spacial score (nSPS) is 12.0. The first-order chi connectivity index (χ1) is 10.0. The van der Waals surface area contributed by atoms with Gasteiger partial charge in [0.15, 0.2) is 5.75 Å². The van der Waals surface area contributed by atoms with E-state index in [1.165, 1.54) is 19.4 Å². The van der Waals surface area contributed by atoms with Crippen molar-refractivity contribution in [1.82, 2.24) is 15.3 Å². The number of methoxy groups -OCH3 is 1. The Balaban J connectivity index is 1.98. The lowest BCUT2D eigenvalue weighted by atomic mass is 10.2. The van der Waals surface area contributed by atoms with Crippen molar-refractivity contribution in [3.8, 4) is 5.75 Å². The smallest absolute Gasteiger partial charge is 0.267 e. The number of nitrogens with one attached hydrogen (secondary N) is 2. The van der Waals surface area contributed by atoms with Crippen molar-refractivity contribution < 1.29 is 9.53 Å². The lowest BCUT2D eigenvalue weighted by molar-refractivity contribution is 0.0946. The van der Waals surface area contributed by atoms with Crippen LogP contribution in [0.15, 0.2) is 22.4 Å². The molecule has 112 valence electrons. The maximum Gasteiger partial charge on any atom is 0.267 e. The van der Waals surface area contributed by atoms with E-state index in [1.807, 2.05) is 19.2 Å². The number of aryl methyl sites for hydroxylation is 1. The topological polar surface area (TPSA) is 84.1 Å². The van der Waals surface area contributed by atoms with E-state index >= 15 is 0 Å². The number of aromatic nitrogens is 2. The van der Waals surface area contributed by atoms with Crippen LogP contribution in [0.5, 0.6) is 5.75 Å². The van der Waals surface area contributed by atoms with Crippen LogP contribution in [0, 0.1) is 6.92 Å². The Morgan fingerprint density at radius 3 is 2.90 bits per heavy atom. The highest BCUT2D eigenvalue weighted by atomic mass is 32.1. The predicted octanol–water partition coefficient (Wildman–Crippen LogP) is 1.68. The molecule has 6 nitrogen and oxygen atoms in total. The standard InChI is InChI=1S/C14H17N3O3S/c1-8(14-17-9(2)7-21-14)5-16-13(19)10-4-11(18)12(20-3)6-15-10/h4,6-8H,5H2,1-3H3,(H,15,18)(H,16,19). The van der Waals surface area contributed by atoms with Crippen molar-refractivity contribution in [2.24, 2.45) is 0 Å². The van der Waals surface area contributed by atoms with Crippen LogP contribution in [0.3, 0.4) is 0 Å². The number of ether oxygens (including phenoxy) is 1. The molecule has 2 heterocycles. The number of thiazole rings is 1. The van der Waals surface area contributed by atoms with Crippen molar-refractivity contribution >= 4 is 17.2 Å². The van der Waals surface area contributed by atoms with Gasteiger partial charge in [-0.15, -0.1) is 11.3 Å². The number of rotatable bonds is 5. The van der Waals surface area contributed by atoms with Crippen molar-refractivity contribution in [2.45, 2.75) is 19.8 Å². The predicted molar refractivity (Wildman–Crippen MR) is 81.2 cm³/mol. The molecule has 0 saturated carbocycles. The summed E-state index contributed by atoms with van der Waals surface area (Å²) in [6.45, 7) is 4.39. The van der Waals surface area contributed by atoms with Gasteiger partial charge < -0.3 is 15.0 Å². The van der Waals surface area contributed by atoms with Crippen molar-refractivity contribution in [3.63, 3.8) is 0 Å². The van der Waals surface area contributed by atoms with Gasteiger partial charge in [-0.3, -0.25) is 9.59 Å². The van der Waals surface area contributed by atoms with Crippen LogP contribution in [-0.4, -0.2) is 29.5 Å². The maximum atomic E-state index is 12.0. The third-order valence-electron chi connectivity index (χ3n) is 2.97. The van der Waals surface area contributed by atoms with Crippen molar-refractivity contribution in [1.29, 1.82) is 0 Å². The number of carbonyl (C=O) groups excluding carboxylic acids is 1. The first-order valence-corrected chi connectivity index (χ1v) is 7.36. The molecule has 0 aliphatic rings. The minimum atomic E-state index is -0.329. The third-order valence-corrected chi connectivity index (χ3v) is 4.16. The fraction of sp³-hybridized carbons (Fsp3) is 0.357. The van der Waals surface area contributed by atoms with Gasteiger partial charge in [0, 0.05) is 35.8 Å². The van der Waals surface area contributed by atoms with Crippen molar-refractivity contribution in [3.05, 3.63) is 44.3 Å². The zero-order chi connectivity index (χ0) is 15.4. The van der Waals surface area contributed by atoms with Crippen LogP contribution in [0.2, 0.25) is 0 Å². The van der Waals surface area contributed by atoms with E-state index in [2.05, 4.69) is 15.3 Å². The number of hydrogen-bond acceptors (Lipinski definition) is 5. The average molecular weight is 307 g/mol. The number of pyridine rings is 1. The van der Waals surface area contributed by atoms with Crippen LogP contribution in [0.25, 0.3) is 0 Å². The quantitative estimate of drug-likeness (QED) is 0.880. The molecule has 1 unspecified atom stereocenters. The Morgan fingerprint density at radius 2 is 2.33 bits per heavy atom. The number of aromatic amines is 1. The molecule has 0 radical (unpaired) electrons. The molecule has 2 rings (SSSR count). The van der Waals surface area contributed by atoms with E-state index in [-0.39, 0.29) is 28.7 Å². The molecular weight excluding hydrogens is 290 g/mol. The summed E-state index contributed by atoms with van der Waals surface area (Å²) in [5.41, 5.74) is 0.862. The molecule has 1 atom stereocenters. The first-order valence-electron chi connectivity index (χ1n) is 6.48. The Kier molecular flexibility index (Phi) is 4.74. The summed E-state index contributed by atoms with van der Waals surface area (Å²) in [7, 11) is 1.40. The Bertz CT molecular complexity index is 693. The van der Waals surface area contributed by atoms with Gasteiger partial charge in [0.05, 0.1) is 12.1 Å². The third kappa shape index (κ3) is 3.69. The van der Waals surface area contributed by atoms with Gasteiger partial charge in [-0.25, -0.2) is 4.98 Å². The molecule has 2 aromatic heterocycles. The van der Waals surface area contributed by atoms with E-state index in [0.717, 1.165) is 10.7 Å². The molecule has 0 bridgehead atoms. The van der Waals surface area contributed by atoms with Crippen LogP contribution in [-0.2, 0) is 0 Å². The van der Waals surface area contributed by atoms with E-state index in [0.29, 0.717) is 6.54 Å². The Hall–Kier alpha value is -2.15. The highest BCUT2D eigenvalue weighted by molar-refractivity contribution is 7.09. The molecule has 2 aromatic rings. The van der Waals surface area contributed by atoms with Crippen LogP contribution >= 0.6 is 11.3 Å². The van der Waals surface area contributed by atoms with E-state index in [9.17, 15) is 9.59 Å². The van der Waals surface area contributed by atoms with Gasteiger partial charge in [0.2, 0.25) is 5.43 Å².